The molecule has 112 valence electrons. The Morgan fingerprint density at radius 2 is 1.90 bits per heavy atom. The van der Waals surface area contributed by atoms with Crippen molar-refractivity contribution in [1.29, 1.82) is 0 Å². The van der Waals surface area contributed by atoms with E-state index < -0.39 is 10.0 Å². The number of nitrogen functional groups attached to an aromatic ring is 1. The molecule has 2 rings (SSSR count). The van der Waals surface area contributed by atoms with Crippen molar-refractivity contribution in [2.75, 3.05) is 10.5 Å². The monoisotopic (exact) mass is 388 g/mol. The molecule has 0 aliphatic heterocycles. The van der Waals surface area contributed by atoms with Gasteiger partial charge in [0.15, 0.2) is 0 Å². The molecule has 0 atom stereocenters. The van der Waals surface area contributed by atoms with Gasteiger partial charge in [0.05, 0.1) is 20.1 Å². The Morgan fingerprint density at radius 1 is 1.24 bits per heavy atom. The number of nitrogens with one attached hydrogen (secondary N) is 1. The van der Waals surface area contributed by atoms with Gasteiger partial charge in [0.25, 0.3) is 10.0 Å². The second-order valence-electron chi connectivity index (χ2n) is 4.68. The number of aryl methyl sites for hydroxylation is 1. The Hall–Kier alpha value is -1.24. The van der Waals surface area contributed by atoms with Gasteiger partial charge in [-0.25, -0.2) is 8.42 Å². The second kappa shape index (κ2) is 5.87. The van der Waals surface area contributed by atoms with E-state index in [0.717, 1.165) is 5.56 Å². The summed E-state index contributed by atoms with van der Waals surface area (Å²) in [6, 6.07) is 8.29. The average molecular weight is 390 g/mol. The fourth-order valence-corrected chi connectivity index (χ4v) is 4.01. The van der Waals surface area contributed by atoms with Crippen molar-refractivity contribution >= 4 is 48.9 Å². The smallest absolute Gasteiger partial charge is 0.262 e. The Kier molecular flexibility index (Phi) is 4.51. The molecule has 0 heterocycles. The zero-order valence-corrected chi connectivity index (χ0v) is 14.6. The highest BCUT2D eigenvalue weighted by Crippen LogP contribution is 2.32. The van der Waals surface area contributed by atoms with Crippen molar-refractivity contribution in [3.63, 3.8) is 0 Å². The molecule has 0 aliphatic carbocycles. The van der Waals surface area contributed by atoms with Crippen LogP contribution in [0.5, 0.6) is 0 Å². The molecule has 2 aromatic rings. The van der Waals surface area contributed by atoms with Crippen LogP contribution in [0.25, 0.3) is 0 Å². The van der Waals surface area contributed by atoms with Crippen LogP contribution >= 0.6 is 27.5 Å². The lowest BCUT2D eigenvalue weighted by Gasteiger charge is -2.14. The molecular formula is C14H14BrClN2O2S. The molecule has 4 nitrogen and oxygen atoms in total. The van der Waals surface area contributed by atoms with Gasteiger partial charge in [-0.1, -0.05) is 17.7 Å². The van der Waals surface area contributed by atoms with Gasteiger partial charge >= 0.3 is 0 Å². The van der Waals surface area contributed by atoms with E-state index in [9.17, 15) is 8.42 Å². The number of sulfonamides is 1. The zero-order chi connectivity index (χ0) is 15.8. The molecule has 0 radical (unpaired) electrons. The van der Waals surface area contributed by atoms with E-state index >= 15 is 0 Å². The highest BCUT2D eigenvalue weighted by molar-refractivity contribution is 9.10. The van der Waals surface area contributed by atoms with E-state index in [1.165, 1.54) is 0 Å². The van der Waals surface area contributed by atoms with E-state index in [-0.39, 0.29) is 4.90 Å². The van der Waals surface area contributed by atoms with Crippen LogP contribution in [0.2, 0.25) is 5.02 Å². The summed E-state index contributed by atoms with van der Waals surface area (Å²) in [6.45, 7) is 3.47. The molecular weight excluding hydrogens is 376 g/mol. The van der Waals surface area contributed by atoms with Gasteiger partial charge in [-0.05, 0) is 65.2 Å². The third-order valence-corrected chi connectivity index (χ3v) is 5.92. The number of anilines is 2. The first kappa shape index (κ1) is 16.1. The normalized spacial score (nSPS) is 11.4. The Balaban J connectivity index is 2.51. The van der Waals surface area contributed by atoms with Crippen molar-refractivity contribution in [1.82, 2.24) is 0 Å². The predicted octanol–water partition coefficient (Wildman–Crippen LogP) is 4.10. The molecule has 2 aromatic carbocycles. The largest absolute Gasteiger partial charge is 0.398 e. The molecule has 7 heteroatoms. The quantitative estimate of drug-likeness (QED) is 0.776. The van der Waals surface area contributed by atoms with Crippen LogP contribution in [0.4, 0.5) is 11.4 Å². The highest BCUT2D eigenvalue weighted by Gasteiger charge is 2.20. The molecule has 0 aliphatic rings. The van der Waals surface area contributed by atoms with Crippen LogP contribution in [-0.4, -0.2) is 8.42 Å². The first-order chi connectivity index (χ1) is 9.72. The maximum absolute atomic E-state index is 12.6. The molecule has 3 N–H and O–H groups in total. The molecule has 0 fully saturated rings. The van der Waals surface area contributed by atoms with Gasteiger partial charge in [-0.2, -0.15) is 0 Å². The van der Waals surface area contributed by atoms with E-state index in [1.807, 2.05) is 0 Å². The summed E-state index contributed by atoms with van der Waals surface area (Å²) in [5.41, 5.74) is 7.97. The van der Waals surface area contributed by atoms with Crippen molar-refractivity contribution in [2.24, 2.45) is 0 Å². The molecule has 0 bridgehead atoms. The van der Waals surface area contributed by atoms with Crippen molar-refractivity contribution in [3.8, 4) is 0 Å². The summed E-state index contributed by atoms with van der Waals surface area (Å²) >= 11 is 9.24. The Morgan fingerprint density at radius 3 is 2.57 bits per heavy atom. The third kappa shape index (κ3) is 3.33. The van der Waals surface area contributed by atoms with Crippen LogP contribution in [-0.2, 0) is 10.0 Å². The zero-order valence-electron chi connectivity index (χ0n) is 11.4. The molecule has 21 heavy (non-hydrogen) atoms. The number of halogens is 2. The van der Waals surface area contributed by atoms with E-state index in [1.54, 1.807) is 44.2 Å². The fourth-order valence-electron chi connectivity index (χ4n) is 1.91. The first-order valence-electron chi connectivity index (χ1n) is 6.06. The van der Waals surface area contributed by atoms with Gasteiger partial charge in [0.2, 0.25) is 0 Å². The molecule has 0 spiro atoms. The SMILES string of the molecule is Cc1cc(N)c(C)c(S(=O)(=O)Nc2cccc(Cl)c2Br)c1. The van der Waals surface area contributed by atoms with Crippen molar-refractivity contribution in [2.45, 2.75) is 18.7 Å². The minimum atomic E-state index is -3.75. The molecule has 0 unspecified atom stereocenters. The number of hydrogen-bond acceptors (Lipinski definition) is 3. The van der Waals surface area contributed by atoms with Crippen molar-refractivity contribution < 1.29 is 8.42 Å². The van der Waals surface area contributed by atoms with Gasteiger partial charge in [0.1, 0.15) is 0 Å². The first-order valence-corrected chi connectivity index (χ1v) is 8.71. The van der Waals surface area contributed by atoms with E-state index in [0.29, 0.717) is 26.4 Å². The summed E-state index contributed by atoms with van der Waals surface area (Å²) in [5.74, 6) is 0. The fraction of sp³-hybridized carbons (Fsp3) is 0.143. The van der Waals surface area contributed by atoms with Gasteiger partial charge in [0, 0.05) is 5.69 Å². The lowest BCUT2D eigenvalue weighted by Crippen LogP contribution is -2.15. The van der Waals surface area contributed by atoms with Crippen molar-refractivity contribution in [3.05, 3.63) is 51.0 Å². The lowest BCUT2D eigenvalue weighted by atomic mass is 10.1. The Bertz CT molecular complexity index is 807. The highest BCUT2D eigenvalue weighted by atomic mass is 79.9. The standard InChI is InChI=1S/C14H14BrClN2O2S/c1-8-6-11(17)9(2)13(7-8)21(19,20)18-12-5-3-4-10(16)14(12)15/h3-7,18H,17H2,1-2H3. The van der Waals surface area contributed by atoms with E-state index in [2.05, 4.69) is 20.7 Å². The van der Waals surface area contributed by atoms with Gasteiger partial charge in [-0.3, -0.25) is 4.72 Å². The molecule has 0 aromatic heterocycles. The number of benzene rings is 2. The Labute approximate surface area is 137 Å². The summed E-state index contributed by atoms with van der Waals surface area (Å²) in [7, 11) is -3.75. The maximum atomic E-state index is 12.6. The predicted molar refractivity (Wildman–Crippen MR) is 90.3 cm³/mol. The van der Waals surface area contributed by atoms with Crippen LogP contribution in [0.3, 0.4) is 0 Å². The van der Waals surface area contributed by atoms with Gasteiger partial charge in [-0.15, -0.1) is 0 Å². The minimum Gasteiger partial charge on any atom is -0.398 e. The molecule has 0 saturated carbocycles. The van der Waals surface area contributed by atoms with Crippen LogP contribution in [0.1, 0.15) is 11.1 Å². The summed E-state index contributed by atoms with van der Waals surface area (Å²) < 4.78 is 28.1. The summed E-state index contributed by atoms with van der Waals surface area (Å²) in [6.07, 6.45) is 0. The lowest BCUT2D eigenvalue weighted by molar-refractivity contribution is 0.600. The number of hydrogen-bond donors (Lipinski definition) is 2. The molecule has 0 amide bonds. The van der Waals surface area contributed by atoms with E-state index in [4.69, 9.17) is 17.3 Å². The average Bonchev–Trinajstić information content (AvgIpc) is 2.39. The topological polar surface area (TPSA) is 72.2 Å². The second-order valence-corrected chi connectivity index (χ2v) is 7.54. The maximum Gasteiger partial charge on any atom is 0.262 e. The summed E-state index contributed by atoms with van der Waals surface area (Å²) in [5, 5.41) is 0.427. The number of rotatable bonds is 3. The van der Waals surface area contributed by atoms with Crippen LogP contribution < -0.4 is 10.5 Å². The molecule has 0 saturated heterocycles. The van der Waals surface area contributed by atoms with Gasteiger partial charge < -0.3 is 5.73 Å². The van der Waals surface area contributed by atoms with Crippen LogP contribution in [0.15, 0.2) is 39.7 Å². The number of nitrogens with two attached hydrogens (primary N) is 1. The minimum absolute atomic E-state index is 0.159. The summed E-state index contributed by atoms with van der Waals surface area (Å²) in [4.78, 5) is 0.159. The third-order valence-electron chi connectivity index (χ3n) is 3.03. The van der Waals surface area contributed by atoms with Crippen LogP contribution in [0, 0.1) is 13.8 Å².